The SMILES string of the molecule is C=C(C)[C@@H]1CC2OC(=O)C34OC5OCCC51C23[C@@H](O)C1OC[C@@H](C)C14. The van der Waals surface area contributed by atoms with Crippen LogP contribution in [0.2, 0.25) is 0 Å². The molecular weight excluding hydrogens is 324 g/mol. The van der Waals surface area contributed by atoms with Gasteiger partial charge in [0.2, 0.25) is 0 Å². The minimum Gasteiger partial charge on any atom is -0.459 e. The molecule has 136 valence electrons. The van der Waals surface area contributed by atoms with Crippen LogP contribution in [-0.4, -0.2) is 54.5 Å². The zero-order chi connectivity index (χ0) is 17.4. The zero-order valence-electron chi connectivity index (χ0n) is 14.6. The van der Waals surface area contributed by atoms with Crippen LogP contribution < -0.4 is 0 Å². The summed E-state index contributed by atoms with van der Waals surface area (Å²) in [6, 6.07) is 0. The minimum atomic E-state index is -1.15. The predicted octanol–water partition coefficient (Wildman–Crippen LogP) is 1.02. The minimum absolute atomic E-state index is 0.115. The van der Waals surface area contributed by atoms with Gasteiger partial charge in [-0.3, -0.25) is 0 Å². The molecule has 6 fully saturated rings. The van der Waals surface area contributed by atoms with Gasteiger partial charge >= 0.3 is 5.97 Å². The van der Waals surface area contributed by atoms with Gasteiger partial charge in [0.25, 0.3) is 0 Å². The molecule has 0 aromatic carbocycles. The van der Waals surface area contributed by atoms with Gasteiger partial charge < -0.3 is 24.1 Å². The van der Waals surface area contributed by atoms with Crippen molar-refractivity contribution in [2.45, 2.75) is 56.9 Å². The molecule has 2 saturated carbocycles. The van der Waals surface area contributed by atoms with Crippen LogP contribution >= 0.6 is 0 Å². The topological polar surface area (TPSA) is 74.2 Å². The molecule has 0 aromatic heterocycles. The molecule has 1 N–H and O–H groups in total. The van der Waals surface area contributed by atoms with Crippen molar-refractivity contribution in [1.29, 1.82) is 0 Å². The van der Waals surface area contributed by atoms with E-state index in [-0.39, 0.29) is 35.9 Å². The third kappa shape index (κ3) is 1.15. The van der Waals surface area contributed by atoms with Crippen LogP contribution in [0.25, 0.3) is 0 Å². The second-order valence-electron chi connectivity index (χ2n) is 8.99. The van der Waals surface area contributed by atoms with Gasteiger partial charge in [-0.1, -0.05) is 19.1 Å². The highest BCUT2D eigenvalue weighted by atomic mass is 16.7. The highest BCUT2D eigenvalue weighted by Crippen LogP contribution is 2.82. The van der Waals surface area contributed by atoms with Gasteiger partial charge in [-0.05, 0) is 31.6 Å². The maximum atomic E-state index is 13.2. The Morgan fingerprint density at radius 1 is 1.36 bits per heavy atom. The fraction of sp³-hybridized carbons (Fsp3) is 0.842. The fourth-order valence-electron chi connectivity index (χ4n) is 7.89. The number of aliphatic hydroxyl groups is 1. The van der Waals surface area contributed by atoms with E-state index in [9.17, 15) is 9.90 Å². The van der Waals surface area contributed by atoms with Crippen LogP contribution in [0.3, 0.4) is 0 Å². The Bertz CT molecular complexity index is 706. The van der Waals surface area contributed by atoms with Crippen LogP contribution in [0.5, 0.6) is 0 Å². The molecule has 4 aliphatic heterocycles. The first-order valence-electron chi connectivity index (χ1n) is 9.38. The summed E-state index contributed by atoms with van der Waals surface area (Å²) in [7, 11) is 0. The summed E-state index contributed by atoms with van der Waals surface area (Å²) in [5.41, 5.74) is -1.34. The average molecular weight is 348 g/mol. The van der Waals surface area contributed by atoms with E-state index in [1.54, 1.807) is 0 Å². The molecule has 0 amide bonds. The van der Waals surface area contributed by atoms with Crippen LogP contribution in [0, 0.1) is 28.6 Å². The lowest BCUT2D eigenvalue weighted by molar-refractivity contribution is -0.202. The summed E-state index contributed by atoms with van der Waals surface area (Å²) in [5.74, 6) is -0.261. The highest BCUT2D eigenvalue weighted by molar-refractivity contribution is 5.87. The van der Waals surface area contributed by atoms with Crippen molar-refractivity contribution in [1.82, 2.24) is 0 Å². The van der Waals surface area contributed by atoms with E-state index in [4.69, 9.17) is 18.9 Å². The van der Waals surface area contributed by atoms with E-state index >= 15 is 0 Å². The Hall–Kier alpha value is -0.950. The number of carbonyl (C=O) groups excluding carboxylic acids is 1. The molecule has 0 aromatic rings. The van der Waals surface area contributed by atoms with Crippen molar-refractivity contribution in [3.8, 4) is 0 Å². The Balaban J connectivity index is 1.67. The summed E-state index contributed by atoms with van der Waals surface area (Å²) in [6.45, 7) is 9.42. The van der Waals surface area contributed by atoms with E-state index in [1.807, 2.05) is 6.92 Å². The third-order valence-corrected chi connectivity index (χ3v) is 8.38. The van der Waals surface area contributed by atoms with Gasteiger partial charge in [-0.2, -0.15) is 0 Å². The number of carbonyl (C=O) groups is 1. The normalized spacial score (nSPS) is 63.3. The smallest absolute Gasteiger partial charge is 0.340 e. The predicted molar refractivity (Wildman–Crippen MR) is 84.2 cm³/mol. The average Bonchev–Trinajstić information content (AvgIpc) is 3.29. The lowest BCUT2D eigenvalue weighted by atomic mass is 9.54. The standard InChI is InChI=1S/C19H24O6/c1-8(2)10-6-11-18-14(20)13-12(9(3)7-23-13)19(18,15(21)24-11)25-16-17(10,18)4-5-22-16/h9-14,16,20H,1,4-7H2,2-3H3/t9-,10+,11?,12?,13?,14+,16?,17?,18?,19?/m1/s1. The molecule has 4 heterocycles. The summed E-state index contributed by atoms with van der Waals surface area (Å²) < 4.78 is 24.4. The lowest BCUT2D eigenvalue weighted by Gasteiger charge is -2.44. The molecule has 6 aliphatic rings. The number of hydrogen-bond acceptors (Lipinski definition) is 6. The van der Waals surface area contributed by atoms with Gasteiger partial charge in [0.15, 0.2) is 11.9 Å². The first kappa shape index (κ1) is 15.1. The van der Waals surface area contributed by atoms with Gasteiger partial charge in [0.05, 0.1) is 30.8 Å². The second kappa shape index (κ2) is 4.14. The highest BCUT2D eigenvalue weighted by Gasteiger charge is 2.96. The van der Waals surface area contributed by atoms with Crippen LogP contribution in [0.4, 0.5) is 0 Å². The molecular formula is C19H24O6. The number of allylic oxidation sites excluding steroid dienone is 1. The van der Waals surface area contributed by atoms with Gasteiger partial charge in [0.1, 0.15) is 6.10 Å². The quantitative estimate of drug-likeness (QED) is 0.563. The van der Waals surface area contributed by atoms with Crippen LogP contribution in [0.15, 0.2) is 12.2 Å². The van der Waals surface area contributed by atoms with E-state index in [2.05, 4.69) is 13.5 Å². The Morgan fingerprint density at radius 3 is 2.92 bits per heavy atom. The van der Waals surface area contributed by atoms with Crippen LogP contribution in [0.1, 0.15) is 26.7 Å². The monoisotopic (exact) mass is 348 g/mol. The lowest BCUT2D eigenvalue weighted by Crippen LogP contribution is -2.58. The van der Waals surface area contributed by atoms with Crippen molar-refractivity contribution in [3.05, 3.63) is 12.2 Å². The van der Waals surface area contributed by atoms with Gasteiger partial charge in [-0.15, -0.1) is 0 Å². The maximum absolute atomic E-state index is 13.2. The first-order chi connectivity index (χ1) is 11.9. The number of hydrogen-bond donors (Lipinski definition) is 1. The Kier molecular flexibility index (Phi) is 2.51. The largest absolute Gasteiger partial charge is 0.459 e. The molecule has 6 nitrogen and oxygen atoms in total. The van der Waals surface area contributed by atoms with Crippen molar-refractivity contribution >= 4 is 5.97 Å². The molecule has 0 bridgehead atoms. The maximum Gasteiger partial charge on any atom is 0.340 e. The number of esters is 1. The molecule has 6 heteroatoms. The fourth-order valence-corrected chi connectivity index (χ4v) is 7.89. The van der Waals surface area contributed by atoms with Gasteiger partial charge in [-0.25, -0.2) is 4.79 Å². The van der Waals surface area contributed by atoms with Crippen LogP contribution in [-0.2, 0) is 23.7 Å². The number of fused-ring (bicyclic) bond motifs is 1. The Labute approximate surface area is 146 Å². The molecule has 25 heavy (non-hydrogen) atoms. The van der Waals surface area contributed by atoms with E-state index in [0.29, 0.717) is 19.6 Å². The number of aliphatic hydroxyl groups excluding tert-OH is 1. The van der Waals surface area contributed by atoms with E-state index in [0.717, 1.165) is 12.0 Å². The molecule has 6 rings (SSSR count). The molecule has 0 radical (unpaired) electrons. The molecule has 7 unspecified atom stereocenters. The third-order valence-electron chi connectivity index (χ3n) is 8.38. The first-order valence-corrected chi connectivity index (χ1v) is 9.38. The summed E-state index contributed by atoms with van der Waals surface area (Å²) in [4.78, 5) is 13.2. The van der Waals surface area contributed by atoms with Crippen molar-refractivity contribution in [2.75, 3.05) is 13.2 Å². The number of ether oxygens (including phenoxy) is 4. The van der Waals surface area contributed by atoms with E-state index < -0.39 is 28.8 Å². The summed E-state index contributed by atoms with van der Waals surface area (Å²) in [6.07, 6.45) is -0.533. The molecule has 2 aliphatic carbocycles. The van der Waals surface area contributed by atoms with Gasteiger partial charge in [0, 0.05) is 11.3 Å². The zero-order valence-corrected chi connectivity index (χ0v) is 14.6. The van der Waals surface area contributed by atoms with Crippen molar-refractivity contribution in [2.24, 2.45) is 28.6 Å². The van der Waals surface area contributed by atoms with Crippen molar-refractivity contribution < 1.29 is 28.8 Å². The number of rotatable bonds is 1. The molecule has 2 spiro atoms. The van der Waals surface area contributed by atoms with E-state index in [1.165, 1.54) is 0 Å². The van der Waals surface area contributed by atoms with Crippen molar-refractivity contribution in [3.63, 3.8) is 0 Å². The molecule has 10 atom stereocenters. The summed E-state index contributed by atoms with van der Waals surface area (Å²) in [5, 5.41) is 11.6. The second-order valence-corrected chi connectivity index (χ2v) is 8.99. The summed E-state index contributed by atoms with van der Waals surface area (Å²) >= 11 is 0. The Morgan fingerprint density at radius 2 is 2.16 bits per heavy atom. The molecule has 4 saturated heterocycles.